The van der Waals surface area contributed by atoms with E-state index in [1.165, 1.54) is 20.4 Å². The zero-order valence-corrected chi connectivity index (χ0v) is 13.6. The van der Waals surface area contributed by atoms with Crippen molar-refractivity contribution in [1.29, 1.82) is 0 Å². The zero-order chi connectivity index (χ0) is 13.7. The van der Waals surface area contributed by atoms with Crippen LogP contribution in [0.3, 0.4) is 0 Å². The van der Waals surface area contributed by atoms with Crippen LogP contribution in [0.15, 0.2) is 48.5 Å². The van der Waals surface area contributed by atoms with Gasteiger partial charge in [-0.2, -0.15) is 0 Å². The lowest BCUT2D eigenvalue weighted by Crippen LogP contribution is -2.09. The van der Waals surface area contributed by atoms with Gasteiger partial charge in [0.25, 0.3) is 0 Å². The fourth-order valence-corrected chi connectivity index (χ4v) is 2.73. The van der Waals surface area contributed by atoms with Gasteiger partial charge in [-0.25, -0.2) is 0 Å². The standard InChI is InChI=1S/C17H20IN/c1-3-13-8-10-14(11-9-13)17(4-2)19-16-7-5-6-15(18)12-16/h5-12,17,19H,3-4H2,1-2H3. The van der Waals surface area contributed by atoms with Crippen LogP contribution in [-0.2, 0) is 6.42 Å². The Balaban J connectivity index is 2.15. The summed E-state index contributed by atoms with van der Waals surface area (Å²) in [5.74, 6) is 0. The van der Waals surface area contributed by atoms with Crippen LogP contribution in [-0.4, -0.2) is 0 Å². The molecule has 0 aliphatic carbocycles. The smallest absolute Gasteiger partial charge is 0.0511 e. The Morgan fingerprint density at radius 1 is 1.05 bits per heavy atom. The highest BCUT2D eigenvalue weighted by molar-refractivity contribution is 14.1. The molecule has 1 unspecified atom stereocenters. The third-order valence-corrected chi connectivity index (χ3v) is 4.04. The molecule has 0 heterocycles. The van der Waals surface area contributed by atoms with Crippen LogP contribution in [0.4, 0.5) is 5.69 Å². The van der Waals surface area contributed by atoms with Crippen LogP contribution < -0.4 is 5.32 Å². The predicted molar refractivity (Wildman–Crippen MR) is 91.6 cm³/mol. The van der Waals surface area contributed by atoms with E-state index in [1.807, 2.05) is 0 Å². The van der Waals surface area contributed by atoms with Gasteiger partial charge in [-0.05, 0) is 64.8 Å². The Hall–Kier alpha value is -1.03. The lowest BCUT2D eigenvalue weighted by Gasteiger charge is -2.19. The van der Waals surface area contributed by atoms with Crippen molar-refractivity contribution in [3.8, 4) is 0 Å². The fraction of sp³-hybridized carbons (Fsp3) is 0.294. The Kier molecular flexibility index (Phi) is 5.25. The first kappa shape index (κ1) is 14.4. The largest absolute Gasteiger partial charge is 0.378 e. The summed E-state index contributed by atoms with van der Waals surface area (Å²) in [5.41, 5.74) is 3.95. The molecule has 100 valence electrons. The SMILES string of the molecule is CCc1ccc(C(CC)Nc2cccc(I)c2)cc1. The second-order valence-electron chi connectivity index (χ2n) is 4.71. The molecule has 0 saturated carbocycles. The Bertz CT molecular complexity index is 519. The molecule has 0 aliphatic heterocycles. The van der Waals surface area contributed by atoms with Gasteiger partial charge in [-0.15, -0.1) is 0 Å². The highest BCUT2D eigenvalue weighted by Gasteiger charge is 2.09. The summed E-state index contributed by atoms with van der Waals surface area (Å²) in [6.45, 7) is 4.41. The van der Waals surface area contributed by atoms with Crippen LogP contribution in [0.25, 0.3) is 0 Å². The van der Waals surface area contributed by atoms with Crippen LogP contribution in [0.5, 0.6) is 0 Å². The van der Waals surface area contributed by atoms with E-state index in [2.05, 4.69) is 90.3 Å². The molecule has 2 rings (SSSR count). The van der Waals surface area contributed by atoms with Crippen molar-refractivity contribution in [3.63, 3.8) is 0 Å². The number of hydrogen-bond acceptors (Lipinski definition) is 1. The van der Waals surface area contributed by atoms with Gasteiger partial charge in [-0.1, -0.05) is 44.2 Å². The van der Waals surface area contributed by atoms with Crippen molar-refractivity contribution in [2.45, 2.75) is 32.7 Å². The van der Waals surface area contributed by atoms with Crippen LogP contribution in [0.2, 0.25) is 0 Å². The van der Waals surface area contributed by atoms with Crippen LogP contribution in [0, 0.1) is 3.57 Å². The van der Waals surface area contributed by atoms with Gasteiger partial charge in [0.1, 0.15) is 0 Å². The van der Waals surface area contributed by atoms with Crippen molar-refractivity contribution in [2.24, 2.45) is 0 Å². The first-order valence-corrected chi connectivity index (χ1v) is 7.91. The zero-order valence-electron chi connectivity index (χ0n) is 11.5. The Morgan fingerprint density at radius 3 is 2.37 bits per heavy atom. The van der Waals surface area contributed by atoms with E-state index in [9.17, 15) is 0 Å². The molecule has 0 aromatic heterocycles. The van der Waals surface area contributed by atoms with E-state index in [1.54, 1.807) is 0 Å². The third kappa shape index (κ3) is 3.96. The quantitative estimate of drug-likeness (QED) is 0.698. The van der Waals surface area contributed by atoms with E-state index in [0.717, 1.165) is 12.8 Å². The number of anilines is 1. The summed E-state index contributed by atoms with van der Waals surface area (Å²) < 4.78 is 1.26. The second-order valence-corrected chi connectivity index (χ2v) is 5.96. The summed E-state index contributed by atoms with van der Waals surface area (Å²) in [6.07, 6.45) is 2.18. The molecule has 2 heteroatoms. The highest BCUT2D eigenvalue weighted by atomic mass is 127. The minimum atomic E-state index is 0.379. The van der Waals surface area contributed by atoms with Gasteiger partial charge in [-0.3, -0.25) is 0 Å². The molecule has 19 heavy (non-hydrogen) atoms. The molecule has 1 N–H and O–H groups in total. The van der Waals surface area contributed by atoms with Crippen molar-refractivity contribution >= 4 is 28.3 Å². The molecule has 2 aromatic carbocycles. The number of rotatable bonds is 5. The van der Waals surface area contributed by atoms with E-state index in [4.69, 9.17) is 0 Å². The molecule has 0 spiro atoms. The van der Waals surface area contributed by atoms with E-state index in [-0.39, 0.29) is 0 Å². The molecule has 0 radical (unpaired) electrons. The van der Waals surface area contributed by atoms with E-state index in [0.29, 0.717) is 6.04 Å². The summed E-state index contributed by atoms with van der Waals surface area (Å²) in [4.78, 5) is 0. The topological polar surface area (TPSA) is 12.0 Å². The Morgan fingerprint density at radius 2 is 1.79 bits per heavy atom. The molecule has 1 atom stereocenters. The molecule has 0 amide bonds. The van der Waals surface area contributed by atoms with E-state index < -0.39 is 0 Å². The first-order valence-electron chi connectivity index (χ1n) is 6.84. The molecule has 0 fully saturated rings. The minimum absolute atomic E-state index is 0.379. The third-order valence-electron chi connectivity index (χ3n) is 3.36. The molecule has 0 aliphatic rings. The molecule has 2 aromatic rings. The van der Waals surface area contributed by atoms with Crippen LogP contribution in [0.1, 0.15) is 37.4 Å². The maximum atomic E-state index is 3.62. The maximum absolute atomic E-state index is 3.62. The van der Waals surface area contributed by atoms with Gasteiger partial charge in [0.15, 0.2) is 0 Å². The lowest BCUT2D eigenvalue weighted by molar-refractivity contribution is 0.749. The van der Waals surface area contributed by atoms with Crippen LogP contribution >= 0.6 is 22.6 Å². The predicted octanol–water partition coefficient (Wildman–Crippen LogP) is 5.42. The molecule has 0 saturated heterocycles. The fourth-order valence-electron chi connectivity index (χ4n) is 2.19. The summed E-state index contributed by atoms with van der Waals surface area (Å²) in [6, 6.07) is 17.9. The van der Waals surface area contributed by atoms with E-state index >= 15 is 0 Å². The molecule has 1 nitrogen and oxygen atoms in total. The molecular formula is C17H20IN. The average molecular weight is 365 g/mol. The summed E-state index contributed by atoms with van der Waals surface area (Å²) in [5, 5.41) is 3.62. The van der Waals surface area contributed by atoms with Gasteiger partial charge >= 0.3 is 0 Å². The average Bonchev–Trinajstić information content (AvgIpc) is 2.45. The maximum Gasteiger partial charge on any atom is 0.0511 e. The lowest BCUT2D eigenvalue weighted by atomic mass is 10.0. The molecular weight excluding hydrogens is 345 g/mol. The van der Waals surface area contributed by atoms with Crippen molar-refractivity contribution in [1.82, 2.24) is 0 Å². The number of benzene rings is 2. The number of hydrogen-bond donors (Lipinski definition) is 1. The highest BCUT2D eigenvalue weighted by Crippen LogP contribution is 2.24. The van der Waals surface area contributed by atoms with Gasteiger partial charge < -0.3 is 5.32 Å². The number of halogens is 1. The van der Waals surface area contributed by atoms with Gasteiger partial charge in [0.05, 0.1) is 6.04 Å². The molecule has 0 bridgehead atoms. The summed E-state index contributed by atoms with van der Waals surface area (Å²) >= 11 is 2.35. The number of nitrogens with one attached hydrogen (secondary N) is 1. The van der Waals surface area contributed by atoms with Crippen molar-refractivity contribution in [2.75, 3.05) is 5.32 Å². The minimum Gasteiger partial charge on any atom is -0.378 e. The number of aryl methyl sites for hydroxylation is 1. The Labute approximate surface area is 129 Å². The van der Waals surface area contributed by atoms with Gasteiger partial charge in [0.2, 0.25) is 0 Å². The van der Waals surface area contributed by atoms with Gasteiger partial charge in [0, 0.05) is 9.26 Å². The first-order chi connectivity index (χ1) is 9.22. The van der Waals surface area contributed by atoms with Crippen molar-refractivity contribution < 1.29 is 0 Å². The second kappa shape index (κ2) is 6.94. The normalized spacial score (nSPS) is 12.2. The van der Waals surface area contributed by atoms with Crippen molar-refractivity contribution in [3.05, 3.63) is 63.2 Å². The summed E-state index contributed by atoms with van der Waals surface area (Å²) in [7, 11) is 0. The monoisotopic (exact) mass is 365 g/mol.